The lowest BCUT2D eigenvalue weighted by atomic mass is 9.86. The number of rotatable bonds is 2. The molecule has 0 N–H and O–H groups in total. The summed E-state index contributed by atoms with van der Waals surface area (Å²) in [7, 11) is 0. The molecule has 1 heterocycles. The van der Waals surface area contributed by atoms with Gasteiger partial charge in [-0.05, 0) is 117 Å². The summed E-state index contributed by atoms with van der Waals surface area (Å²) in [6.07, 6.45) is 0. The fourth-order valence-corrected chi connectivity index (χ4v) is 9.08. The first kappa shape index (κ1) is 27.2. The van der Waals surface area contributed by atoms with Crippen LogP contribution in [0.2, 0.25) is 0 Å². The normalized spacial score (nSPS) is 12.3. The van der Waals surface area contributed by atoms with Crippen LogP contribution in [0, 0.1) is 0 Å². The summed E-state index contributed by atoms with van der Waals surface area (Å²) in [5.41, 5.74) is 6.61. The zero-order valence-corrected chi connectivity index (χ0v) is 27.6. The van der Waals surface area contributed by atoms with Gasteiger partial charge in [0.05, 0.1) is 0 Å². The maximum Gasteiger partial charge on any atom is 0.143 e. The number of benzene rings is 11. The molecule has 0 saturated heterocycles. The van der Waals surface area contributed by atoms with Gasteiger partial charge in [0.2, 0.25) is 0 Å². The van der Waals surface area contributed by atoms with E-state index in [1.165, 1.54) is 86.7 Å². The second-order valence-corrected chi connectivity index (χ2v) is 14.0. The number of fused-ring (bicyclic) bond motifs is 10. The van der Waals surface area contributed by atoms with Crippen LogP contribution in [0.4, 0.5) is 0 Å². The van der Waals surface area contributed by atoms with Crippen LogP contribution in [0.15, 0.2) is 174 Å². The fraction of sp³-hybridized carbons (Fsp3) is 0. The molecule has 0 radical (unpaired) electrons. The number of hydrogen-bond acceptors (Lipinski definition) is 1. The highest BCUT2D eigenvalue weighted by molar-refractivity contribution is 6.29. The van der Waals surface area contributed by atoms with Crippen molar-refractivity contribution in [2.45, 2.75) is 0 Å². The first-order chi connectivity index (χ1) is 25.3. The molecule has 1 heteroatoms. The van der Waals surface area contributed by atoms with Crippen molar-refractivity contribution in [2.24, 2.45) is 0 Å². The SMILES string of the molecule is c1ccc2c(c1)ccc1c2oc2cc(-c3ccc4ccc5cccc6ccc3c4c56)cc(-c3cc4ccccc4c4c3ccc3ccccc34)c21. The van der Waals surface area contributed by atoms with Crippen molar-refractivity contribution < 1.29 is 4.42 Å². The van der Waals surface area contributed by atoms with E-state index in [9.17, 15) is 0 Å². The van der Waals surface area contributed by atoms with Gasteiger partial charge in [-0.2, -0.15) is 0 Å². The van der Waals surface area contributed by atoms with Crippen molar-refractivity contribution in [1.82, 2.24) is 0 Å². The highest BCUT2D eigenvalue weighted by atomic mass is 16.3. The van der Waals surface area contributed by atoms with Crippen LogP contribution in [-0.2, 0) is 0 Å². The summed E-state index contributed by atoms with van der Waals surface area (Å²) in [6.45, 7) is 0. The van der Waals surface area contributed by atoms with E-state index in [1.54, 1.807) is 0 Å². The molecule has 1 aromatic heterocycles. The van der Waals surface area contributed by atoms with Crippen LogP contribution >= 0.6 is 0 Å². The predicted molar refractivity (Wildman–Crippen MR) is 218 cm³/mol. The molecule has 51 heavy (non-hydrogen) atoms. The molecule has 0 unspecified atom stereocenters. The Hall–Kier alpha value is -6.70. The van der Waals surface area contributed by atoms with Crippen molar-refractivity contribution >= 4 is 97.3 Å². The maximum absolute atomic E-state index is 6.98. The van der Waals surface area contributed by atoms with E-state index in [4.69, 9.17) is 4.42 Å². The van der Waals surface area contributed by atoms with Crippen LogP contribution in [0.5, 0.6) is 0 Å². The number of hydrogen-bond donors (Lipinski definition) is 0. The molecule has 0 aliphatic carbocycles. The van der Waals surface area contributed by atoms with Gasteiger partial charge in [-0.25, -0.2) is 0 Å². The third-order valence-electron chi connectivity index (χ3n) is 11.3. The van der Waals surface area contributed by atoms with Crippen LogP contribution in [0.1, 0.15) is 0 Å². The van der Waals surface area contributed by atoms with Crippen molar-refractivity contribution in [3.63, 3.8) is 0 Å². The lowest BCUT2D eigenvalue weighted by molar-refractivity contribution is 0.673. The van der Waals surface area contributed by atoms with Gasteiger partial charge in [0, 0.05) is 16.2 Å². The van der Waals surface area contributed by atoms with E-state index in [1.807, 2.05) is 0 Å². The summed E-state index contributed by atoms with van der Waals surface area (Å²) in [4.78, 5) is 0. The molecule has 0 saturated carbocycles. The Bertz CT molecular complexity index is 3380. The third-order valence-corrected chi connectivity index (χ3v) is 11.3. The smallest absolute Gasteiger partial charge is 0.143 e. The van der Waals surface area contributed by atoms with E-state index in [0.717, 1.165) is 32.9 Å². The highest BCUT2D eigenvalue weighted by Gasteiger charge is 2.21. The zero-order valence-electron chi connectivity index (χ0n) is 27.6. The second-order valence-electron chi connectivity index (χ2n) is 14.0. The standard InChI is InChI=1S/C50H28O/c1-4-13-37-29(8-1)18-23-41-43(26-34-10-3-5-14-38(34)48(37)41)44-27-35(28-45-49(44)42-25-19-30-9-2-6-15-39(30)50(42)51-45)36-22-20-33-17-16-31-11-7-12-32-21-24-40(36)47(33)46(31)32/h1-28H. The van der Waals surface area contributed by atoms with Gasteiger partial charge < -0.3 is 4.42 Å². The Labute approximate surface area is 292 Å². The van der Waals surface area contributed by atoms with Gasteiger partial charge in [0.15, 0.2) is 0 Å². The quantitative estimate of drug-likeness (QED) is 0.171. The van der Waals surface area contributed by atoms with Crippen LogP contribution < -0.4 is 0 Å². The molecule has 0 spiro atoms. The summed E-state index contributed by atoms with van der Waals surface area (Å²) >= 11 is 0. The van der Waals surface area contributed by atoms with Gasteiger partial charge in [-0.3, -0.25) is 0 Å². The minimum absolute atomic E-state index is 0.904. The lowest BCUT2D eigenvalue weighted by Gasteiger charge is -2.17. The first-order valence-corrected chi connectivity index (χ1v) is 17.7. The van der Waals surface area contributed by atoms with Crippen molar-refractivity contribution in [1.29, 1.82) is 0 Å². The summed E-state index contributed by atoms with van der Waals surface area (Å²) < 4.78 is 6.98. The van der Waals surface area contributed by atoms with Crippen LogP contribution in [-0.4, -0.2) is 0 Å². The third kappa shape index (κ3) is 3.70. The van der Waals surface area contributed by atoms with E-state index in [2.05, 4.69) is 170 Å². The predicted octanol–water partition coefficient (Wildman–Crippen LogP) is 14.4. The Morgan fingerprint density at radius 1 is 0.275 bits per heavy atom. The summed E-state index contributed by atoms with van der Waals surface area (Å²) in [5, 5.41) is 19.9. The Morgan fingerprint density at radius 3 is 1.61 bits per heavy atom. The Morgan fingerprint density at radius 2 is 0.824 bits per heavy atom. The summed E-state index contributed by atoms with van der Waals surface area (Å²) in [5.74, 6) is 0. The largest absolute Gasteiger partial charge is 0.455 e. The molecule has 0 aliphatic heterocycles. The van der Waals surface area contributed by atoms with Gasteiger partial charge in [-0.15, -0.1) is 0 Å². The molecule has 1 nitrogen and oxygen atoms in total. The van der Waals surface area contributed by atoms with E-state index >= 15 is 0 Å². The summed E-state index contributed by atoms with van der Waals surface area (Å²) in [6, 6.07) is 62.7. The minimum Gasteiger partial charge on any atom is -0.455 e. The average molecular weight is 645 g/mol. The highest BCUT2D eigenvalue weighted by Crippen LogP contribution is 2.47. The number of furan rings is 1. The zero-order chi connectivity index (χ0) is 33.2. The molecular weight excluding hydrogens is 617 g/mol. The molecule has 0 aliphatic rings. The van der Waals surface area contributed by atoms with Crippen LogP contribution in [0.3, 0.4) is 0 Å². The van der Waals surface area contributed by atoms with Gasteiger partial charge in [-0.1, -0.05) is 146 Å². The van der Waals surface area contributed by atoms with Crippen LogP contribution in [0.25, 0.3) is 120 Å². The Balaban J connectivity index is 1.26. The molecule has 0 atom stereocenters. The molecule has 0 bridgehead atoms. The second kappa shape index (κ2) is 9.94. The molecular formula is C50H28O. The molecule has 234 valence electrons. The Kier molecular flexibility index (Phi) is 5.29. The van der Waals surface area contributed by atoms with E-state index in [0.29, 0.717) is 0 Å². The average Bonchev–Trinajstić information content (AvgIpc) is 3.58. The van der Waals surface area contributed by atoms with Crippen molar-refractivity contribution in [3.05, 3.63) is 170 Å². The van der Waals surface area contributed by atoms with E-state index in [-0.39, 0.29) is 0 Å². The lowest BCUT2D eigenvalue weighted by Crippen LogP contribution is -1.90. The minimum atomic E-state index is 0.904. The fourth-order valence-electron chi connectivity index (χ4n) is 9.08. The molecule has 0 fully saturated rings. The topological polar surface area (TPSA) is 13.1 Å². The molecule has 12 rings (SSSR count). The van der Waals surface area contributed by atoms with Crippen molar-refractivity contribution in [3.8, 4) is 22.3 Å². The maximum atomic E-state index is 6.98. The van der Waals surface area contributed by atoms with Crippen molar-refractivity contribution in [2.75, 3.05) is 0 Å². The molecule has 11 aromatic carbocycles. The molecule has 12 aromatic rings. The van der Waals surface area contributed by atoms with Gasteiger partial charge >= 0.3 is 0 Å². The monoisotopic (exact) mass is 644 g/mol. The van der Waals surface area contributed by atoms with E-state index < -0.39 is 0 Å². The van der Waals surface area contributed by atoms with Gasteiger partial charge in [0.25, 0.3) is 0 Å². The molecule has 0 amide bonds. The first-order valence-electron chi connectivity index (χ1n) is 17.7. The van der Waals surface area contributed by atoms with Gasteiger partial charge in [0.1, 0.15) is 11.2 Å².